The lowest BCUT2D eigenvalue weighted by Crippen LogP contribution is -2.71. The molecule has 21 heteroatoms. The van der Waals surface area contributed by atoms with E-state index in [0.717, 1.165) is 28.0 Å². The third kappa shape index (κ3) is 5.60. The number of nitrogens with two attached hydrogens (primary N) is 3. The number of amides is 2. The number of nitrogens with zero attached hydrogens (tertiary/aromatic N) is 7. The van der Waals surface area contributed by atoms with E-state index < -0.39 is 47.0 Å². The van der Waals surface area contributed by atoms with E-state index >= 15 is 0 Å². The molecule has 1 unspecified atom stereocenters. The minimum Gasteiger partial charge on any atom is -0.543 e. The monoisotopic (exact) mass is 649 g/mol. The Kier molecular flexibility index (Phi) is 8.03. The van der Waals surface area contributed by atoms with Crippen molar-refractivity contribution in [3.63, 3.8) is 0 Å². The topological polar surface area (TPSA) is 273 Å². The Bertz CT molecular complexity index is 1740. The number of oxime groups is 1. The molecule has 226 valence electrons. The maximum absolute atomic E-state index is 13.2. The molecule has 0 aliphatic carbocycles. The molecule has 2 aliphatic heterocycles. The summed E-state index contributed by atoms with van der Waals surface area (Å²) in [5.41, 5.74) is 17.8. The van der Waals surface area contributed by atoms with Crippen LogP contribution in [0, 0.1) is 0 Å². The molecule has 2 aliphatic rings. The molecule has 0 aromatic carbocycles. The molecule has 1 saturated heterocycles. The molecule has 3 aromatic rings. The molecule has 43 heavy (non-hydrogen) atoms. The van der Waals surface area contributed by atoms with Gasteiger partial charge < -0.3 is 42.4 Å². The Morgan fingerprint density at radius 2 is 2.09 bits per heavy atom. The standard InChI is InChI=1S/C22H23N11O7S3/c1-7(18(36)37)40-30-12(9-6-42-21(25)26-9)15(34)28-13-16(35)32-14(19(38)39)8(4-41-17(13)32)5-43-22-27-10(23)3-11-31(2)20(24)29-33(11)22/h3,6-7,13,17,23H,4-5H2,1-2H3,(H7,24,25,26,28,29,34,36,37,38,39)/b30-12-/t7-,13?,17-/m1/s1. The fourth-order valence-electron chi connectivity index (χ4n) is 4.12. The van der Waals surface area contributed by atoms with Crippen LogP contribution in [0.3, 0.4) is 0 Å². The van der Waals surface area contributed by atoms with Gasteiger partial charge in [-0.15, -0.1) is 23.1 Å². The van der Waals surface area contributed by atoms with E-state index in [1.807, 2.05) is 0 Å². The number of carboxylic acid groups (broad SMARTS) is 2. The maximum atomic E-state index is 13.2. The van der Waals surface area contributed by atoms with E-state index in [0.29, 0.717) is 16.4 Å². The average Bonchev–Trinajstić information content (AvgIpc) is 3.51. The predicted molar refractivity (Wildman–Crippen MR) is 152 cm³/mol. The molecule has 0 bridgehead atoms. The first kappa shape index (κ1) is 29.8. The van der Waals surface area contributed by atoms with Crippen LogP contribution in [0.1, 0.15) is 12.6 Å². The minimum absolute atomic E-state index is 0.00365. The summed E-state index contributed by atoms with van der Waals surface area (Å²) in [6, 6.07) is 0.465. The number of thioether (sulfide) groups is 2. The number of aryl methyl sites for hydroxylation is 1. The summed E-state index contributed by atoms with van der Waals surface area (Å²) < 4.78 is 3.09. The number of anilines is 3. The number of carbonyl (C=O) groups is 4. The van der Waals surface area contributed by atoms with Gasteiger partial charge in [0.1, 0.15) is 22.9 Å². The van der Waals surface area contributed by atoms with E-state index in [4.69, 9.17) is 27.1 Å². The van der Waals surface area contributed by atoms with Gasteiger partial charge in [0.2, 0.25) is 16.9 Å². The molecular weight excluding hydrogens is 627 g/mol. The number of β-lactam (4-membered cyclic amide) rings is 1. The number of thiazole rings is 1. The summed E-state index contributed by atoms with van der Waals surface area (Å²) in [4.78, 5) is 63.9. The first-order chi connectivity index (χ1) is 20.4. The van der Waals surface area contributed by atoms with Gasteiger partial charge in [-0.05, 0) is 12.5 Å². The van der Waals surface area contributed by atoms with Crippen molar-refractivity contribution < 1.29 is 38.8 Å². The number of rotatable bonds is 10. The van der Waals surface area contributed by atoms with Gasteiger partial charge in [0.05, 0.1) is 18.7 Å². The average molecular weight is 650 g/mol. The SMILES string of the molecule is C[C@@H](O/N=C(\C(=O)NC1C(=O)N2C(C(=O)[O-])=C(CSc3nc(N)cc4n3nc(N)[n+]4C)CS[C@H]12)c1csc(N)n1)C(=O)O. The van der Waals surface area contributed by atoms with E-state index in [9.17, 15) is 24.3 Å². The third-order valence-corrected chi connectivity index (χ3v) is 9.35. The number of hydrogen-bond acceptors (Lipinski definition) is 16. The van der Waals surface area contributed by atoms with Crippen molar-refractivity contribution in [2.75, 3.05) is 28.7 Å². The zero-order valence-electron chi connectivity index (χ0n) is 22.3. The first-order valence-corrected chi connectivity index (χ1v) is 15.1. The van der Waals surface area contributed by atoms with E-state index in [-0.39, 0.29) is 39.8 Å². The molecular formula is C22H23N11O7S3. The number of aliphatic carboxylic acids is 2. The summed E-state index contributed by atoms with van der Waals surface area (Å²) in [6.07, 6.45) is -1.38. The van der Waals surface area contributed by atoms with Crippen molar-refractivity contribution in [2.24, 2.45) is 12.2 Å². The molecule has 5 heterocycles. The summed E-state index contributed by atoms with van der Waals surface area (Å²) in [6.45, 7) is 1.21. The summed E-state index contributed by atoms with van der Waals surface area (Å²) in [5, 5.41) is 32.8. The molecule has 1 fully saturated rings. The molecule has 5 rings (SSSR count). The maximum Gasteiger partial charge on any atom is 0.376 e. The molecule has 3 atom stereocenters. The highest BCUT2D eigenvalue weighted by Gasteiger charge is 2.53. The largest absolute Gasteiger partial charge is 0.543 e. The zero-order chi connectivity index (χ0) is 31.2. The minimum atomic E-state index is -1.56. The van der Waals surface area contributed by atoms with Crippen molar-refractivity contribution in [2.45, 2.75) is 29.6 Å². The number of nitrogen functional groups attached to an aromatic ring is 3. The normalized spacial score (nSPS) is 19.2. The second-order valence-corrected chi connectivity index (χ2v) is 12.1. The van der Waals surface area contributed by atoms with Crippen LogP contribution in [0.5, 0.6) is 0 Å². The van der Waals surface area contributed by atoms with Crippen LogP contribution in [0.15, 0.2) is 33.0 Å². The molecule has 8 N–H and O–H groups in total. The van der Waals surface area contributed by atoms with Crippen molar-refractivity contribution >= 4 is 86.9 Å². The van der Waals surface area contributed by atoms with Crippen LogP contribution < -0.4 is 32.2 Å². The fraction of sp³-hybridized carbons (Fsp3) is 0.318. The van der Waals surface area contributed by atoms with Crippen molar-refractivity contribution in [3.05, 3.63) is 28.4 Å². The highest BCUT2D eigenvalue weighted by atomic mass is 32.2. The lowest BCUT2D eigenvalue weighted by atomic mass is 10.0. The molecule has 0 spiro atoms. The number of fused-ring (bicyclic) bond motifs is 2. The van der Waals surface area contributed by atoms with Crippen LogP contribution in [0.2, 0.25) is 0 Å². The third-order valence-electron chi connectivity index (χ3n) is 6.32. The van der Waals surface area contributed by atoms with Crippen molar-refractivity contribution in [1.82, 2.24) is 29.8 Å². The van der Waals surface area contributed by atoms with Crippen molar-refractivity contribution in [3.8, 4) is 0 Å². The summed E-state index contributed by atoms with van der Waals surface area (Å²) in [5.74, 6) is -3.74. The Hall–Kier alpha value is -4.63. The van der Waals surface area contributed by atoms with Crippen LogP contribution in [-0.2, 0) is 31.1 Å². The van der Waals surface area contributed by atoms with Gasteiger partial charge in [-0.2, -0.15) is 4.98 Å². The number of hydrogen-bond donors (Lipinski definition) is 5. The molecule has 0 radical (unpaired) electrons. The lowest BCUT2D eigenvalue weighted by Gasteiger charge is -2.50. The van der Waals surface area contributed by atoms with Gasteiger partial charge in [0, 0.05) is 28.1 Å². The highest BCUT2D eigenvalue weighted by molar-refractivity contribution is 8.01. The van der Waals surface area contributed by atoms with Gasteiger partial charge in [-0.3, -0.25) is 14.5 Å². The molecule has 18 nitrogen and oxygen atoms in total. The number of carboxylic acids is 2. The number of carbonyl (C=O) groups excluding carboxylic acids is 3. The Morgan fingerprint density at radius 3 is 2.74 bits per heavy atom. The lowest BCUT2D eigenvalue weighted by molar-refractivity contribution is -0.631. The quantitative estimate of drug-likeness (QED) is 0.0369. The first-order valence-electron chi connectivity index (χ1n) is 12.2. The molecule has 0 saturated carbocycles. The van der Waals surface area contributed by atoms with E-state index in [2.05, 4.69) is 25.5 Å². The highest BCUT2D eigenvalue weighted by Crippen LogP contribution is 2.41. The second-order valence-electron chi connectivity index (χ2n) is 9.14. The predicted octanol–water partition coefficient (Wildman–Crippen LogP) is -2.85. The van der Waals surface area contributed by atoms with Crippen LogP contribution in [-0.4, -0.2) is 88.1 Å². The van der Waals surface area contributed by atoms with Gasteiger partial charge in [0.15, 0.2) is 10.8 Å². The summed E-state index contributed by atoms with van der Waals surface area (Å²) in [7, 11) is 1.70. The number of aromatic nitrogens is 5. The van der Waals surface area contributed by atoms with Crippen LogP contribution in [0.4, 0.5) is 16.9 Å². The summed E-state index contributed by atoms with van der Waals surface area (Å²) >= 11 is 3.39. The molecule has 3 aromatic heterocycles. The smallest absolute Gasteiger partial charge is 0.376 e. The zero-order valence-corrected chi connectivity index (χ0v) is 24.7. The van der Waals surface area contributed by atoms with E-state index in [1.54, 1.807) is 17.7 Å². The van der Waals surface area contributed by atoms with Crippen LogP contribution in [0.25, 0.3) is 5.65 Å². The van der Waals surface area contributed by atoms with Gasteiger partial charge in [-0.1, -0.05) is 21.4 Å². The number of nitrogens with one attached hydrogen (secondary N) is 1. The Balaban J connectivity index is 1.34. The van der Waals surface area contributed by atoms with Gasteiger partial charge in [-0.25, -0.2) is 14.3 Å². The van der Waals surface area contributed by atoms with E-state index in [1.165, 1.54) is 28.6 Å². The van der Waals surface area contributed by atoms with Gasteiger partial charge in [0.25, 0.3) is 11.8 Å². The fourth-order valence-corrected chi connectivity index (χ4v) is 7.11. The van der Waals surface area contributed by atoms with Crippen molar-refractivity contribution in [1.29, 1.82) is 0 Å². The molecule has 2 amide bonds. The van der Waals surface area contributed by atoms with Gasteiger partial charge >= 0.3 is 11.9 Å². The van der Waals surface area contributed by atoms with Crippen LogP contribution >= 0.6 is 34.9 Å². The Labute approximate surface area is 253 Å². The Morgan fingerprint density at radius 1 is 1.35 bits per heavy atom. The second kappa shape index (κ2) is 11.6.